The number of amides is 1. The molecule has 0 saturated carbocycles. The summed E-state index contributed by atoms with van der Waals surface area (Å²) >= 11 is 5.88. The predicted molar refractivity (Wildman–Crippen MR) is 106 cm³/mol. The average Bonchev–Trinajstić information content (AvgIpc) is 3.08. The molecule has 7 heteroatoms. The molecule has 2 aromatic rings. The van der Waals surface area contributed by atoms with Crippen molar-refractivity contribution in [3.63, 3.8) is 0 Å². The minimum atomic E-state index is -0.465. The number of nitrogens with one attached hydrogen (secondary N) is 1. The molecule has 6 nitrogen and oxygen atoms in total. The van der Waals surface area contributed by atoms with Crippen LogP contribution in [0.25, 0.3) is 11.3 Å². The van der Waals surface area contributed by atoms with Gasteiger partial charge in [-0.1, -0.05) is 18.2 Å². The molecular weight excluding hydrogens is 364 g/mol. The van der Waals surface area contributed by atoms with Gasteiger partial charge in [0.1, 0.15) is 5.60 Å². The molecule has 1 aliphatic rings. The molecule has 1 aromatic carbocycles. The van der Waals surface area contributed by atoms with Gasteiger partial charge in [0.2, 0.25) is 5.28 Å². The lowest BCUT2D eigenvalue weighted by Gasteiger charge is -2.24. The molecule has 144 valence electrons. The van der Waals surface area contributed by atoms with Crippen molar-refractivity contribution in [2.75, 3.05) is 13.1 Å². The van der Waals surface area contributed by atoms with Gasteiger partial charge < -0.3 is 15.0 Å². The van der Waals surface area contributed by atoms with Crippen LogP contribution in [-0.2, 0) is 11.3 Å². The molecule has 1 aliphatic heterocycles. The van der Waals surface area contributed by atoms with Gasteiger partial charge in [-0.05, 0) is 56.5 Å². The van der Waals surface area contributed by atoms with E-state index in [1.807, 2.05) is 39.0 Å². The maximum absolute atomic E-state index is 12.2. The van der Waals surface area contributed by atoms with Crippen LogP contribution in [0.15, 0.2) is 36.5 Å². The van der Waals surface area contributed by atoms with E-state index in [1.54, 1.807) is 11.1 Å². The first-order valence-corrected chi connectivity index (χ1v) is 9.47. The number of benzene rings is 1. The van der Waals surface area contributed by atoms with Gasteiger partial charge in [0.25, 0.3) is 0 Å². The fourth-order valence-electron chi connectivity index (χ4n) is 3.02. The lowest BCUT2D eigenvalue weighted by molar-refractivity contribution is 0.0291. The van der Waals surface area contributed by atoms with Crippen LogP contribution in [-0.4, -0.2) is 45.7 Å². The fourth-order valence-corrected chi connectivity index (χ4v) is 3.17. The number of hydrogen-bond donors (Lipinski definition) is 1. The number of ether oxygens (including phenoxy) is 1. The van der Waals surface area contributed by atoms with Crippen LogP contribution < -0.4 is 5.32 Å². The molecule has 0 spiro atoms. The summed E-state index contributed by atoms with van der Waals surface area (Å²) in [6, 6.07) is 10.3. The fraction of sp³-hybridized carbons (Fsp3) is 0.450. The summed E-state index contributed by atoms with van der Waals surface area (Å²) in [6.07, 6.45) is 2.33. The van der Waals surface area contributed by atoms with Crippen LogP contribution in [0.2, 0.25) is 5.28 Å². The highest BCUT2D eigenvalue weighted by Crippen LogP contribution is 2.20. The molecule has 1 atom stereocenters. The van der Waals surface area contributed by atoms with E-state index in [0.29, 0.717) is 13.1 Å². The Morgan fingerprint density at radius 3 is 2.93 bits per heavy atom. The third kappa shape index (κ3) is 5.65. The van der Waals surface area contributed by atoms with E-state index in [1.165, 1.54) is 0 Å². The van der Waals surface area contributed by atoms with E-state index >= 15 is 0 Å². The molecule has 1 N–H and O–H groups in total. The summed E-state index contributed by atoms with van der Waals surface area (Å²) in [5, 5.41) is 3.77. The van der Waals surface area contributed by atoms with E-state index in [-0.39, 0.29) is 17.4 Å². The largest absolute Gasteiger partial charge is 0.444 e. The number of aromatic nitrogens is 2. The van der Waals surface area contributed by atoms with Gasteiger partial charge in [0, 0.05) is 37.4 Å². The first-order valence-electron chi connectivity index (χ1n) is 9.09. The molecule has 1 fully saturated rings. The van der Waals surface area contributed by atoms with Crippen molar-refractivity contribution < 1.29 is 9.53 Å². The second-order valence-electron chi connectivity index (χ2n) is 7.70. The third-order valence-electron chi connectivity index (χ3n) is 4.28. The van der Waals surface area contributed by atoms with Gasteiger partial charge in [-0.25, -0.2) is 14.8 Å². The molecule has 1 saturated heterocycles. The molecule has 3 rings (SSSR count). The first-order chi connectivity index (χ1) is 12.8. The van der Waals surface area contributed by atoms with Crippen molar-refractivity contribution in [3.05, 3.63) is 47.4 Å². The first kappa shape index (κ1) is 19.6. The monoisotopic (exact) mass is 388 g/mol. The Hall–Kier alpha value is -2.18. The molecule has 1 unspecified atom stereocenters. The minimum Gasteiger partial charge on any atom is -0.444 e. The van der Waals surface area contributed by atoms with E-state index in [9.17, 15) is 4.79 Å². The number of likely N-dealkylation sites (tertiary alicyclic amines) is 1. The molecule has 0 aliphatic carbocycles. The van der Waals surface area contributed by atoms with Gasteiger partial charge in [-0.15, -0.1) is 0 Å². The highest BCUT2D eigenvalue weighted by molar-refractivity contribution is 6.28. The second kappa shape index (κ2) is 8.23. The summed E-state index contributed by atoms with van der Waals surface area (Å²) in [5.74, 6) is 0. The van der Waals surface area contributed by atoms with Gasteiger partial charge in [0.15, 0.2) is 0 Å². The second-order valence-corrected chi connectivity index (χ2v) is 8.04. The zero-order chi connectivity index (χ0) is 19.4. The Morgan fingerprint density at radius 1 is 1.37 bits per heavy atom. The van der Waals surface area contributed by atoms with E-state index in [0.717, 1.165) is 29.8 Å². The molecular formula is C20H25ClN4O2. The Bertz CT molecular complexity index is 807. The van der Waals surface area contributed by atoms with Crippen molar-refractivity contribution in [2.45, 2.75) is 45.4 Å². The summed E-state index contributed by atoms with van der Waals surface area (Å²) in [4.78, 5) is 22.1. The Morgan fingerprint density at radius 2 is 2.19 bits per heavy atom. The number of hydrogen-bond acceptors (Lipinski definition) is 5. The van der Waals surface area contributed by atoms with Gasteiger partial charge in [-0.3, -0.25) is 0 Å². The Labute approximate surface area is 164 Å². The third-order valence-corrected chi connectivity index (χ3v) is 4.47. The normalized spacial score (nSPS) is 17.2. The topological polar surface area (TPSA) is 67.3 Å². The number of nitrogens with zero attached hydrogens (tertiary/aromatic N) is 3. The summed E-state index contributed by atoms with van der Waals surface area (Å²) < 4.78 is 5.44. The summed E-state index contributed by atoms with van der Waals surface area (Å²) in [7, 11) is 0. The minimum absolute atomic E-state index is 0.240. The lowest BCUT2D eigenvalue weighted by Crippen LogP contribution is -2.38. The number of carbonyl (C=O) groups excluding carboxylic acids is 1. The van der Waals surface area contributed by atoms with E-state index in [4.69, 9.17) is 16.3 Å². The average molecular weight is 389 g/mol. The van der Waals surface area contributed by atoms with Crippen LogP contribution in [0.3, 0.4) is 0 Å². The summed E-state index contributed by atoms with van der Waals surface area (Å²) in [5.41, 5.74) is 2.49. The highest BCUT2D eigenvalue weighted by Gasteiger charge is 2.29. The molecule has 1 aromatic heterocycles. The number of carbonyl (C=O) groups is 1. The SMILES string of the molecule is CC(C)(C)OC(=O)N1CCC(NCc2cccc(-c3ccnc(Cl)n3)c2)C1. The van der Waals surface area contributed by atoms with Crippen molar-refractivity contribution >= 4 is 17.7 Å². The smallest absolute Gasteiger partial charge is 0.410 e. The standard InChI is InChI=1S/C20H25ClN4O2/c1-20(2,3)27-19(26)25-10-8-16(13-25)23-12-14-5-4-6-15(11-14)17-7-9-22-18(21)24-17/h4-7,9,11,16,23H,8,10,12-13H2,1-3H3. The predicted octanol–water partition coefficient (Wildman–Crippen LogP) is 3.90. The van der Waals surface area contributed by atoms with Crippen molar-refractivity contribution in [3.8, 4) is 11.3 Å². The molecule has 27 heavy (non-hydrogen) atoms. The van der Waals surface area contributed by atoms with E-state index in [2.05, 4.69) is 27.4 Å². The molecule has 0 bridgehead atoms. The van der Waals surface area contributed by atoms with Crippen molar-refractivity contribution in [1.82, 2.24) is 20.2 Å². The number of halogens is 1. The van der Waals surface area contributed by atoms with Crippen LogP contribution >= 0.6 is 11.6 Å². The zero-order valence-electron chi connectivity index (χ0n) is 15.9. The molecule has 2 heterocycles. The van der Waals surface area contributed by atoms with Crippen LogP contribution in [0.1, 0.15) is 32.8 Å². The van der Waals surface area contributed by atoms with Crippen molar-refractivity contribution in [2.24, 2.45) is 0 Å². The maximum atomic E-state index is 12.2. The van der Waals surface area contributed by atoms with Crippen LogP contribution in [0, 0.1) is 0 Å². The summed E-state index contributed by atoms with van der Waals surface area (Å²) in [6.45, 7) is 7.75. The Kier molecular flexibility index (Phi) is 5.97. The van der Waals surface area contributed by atoms with Gasteiger partial charge in [-0.2, -0.15) is 0 Å². The highest BCUT2D eigenvalue weighted by atomic mass is 35.5. The Balaban J connectivity index is 1.55. The number of rotatable bonds is 4. The maximum Gasteiger partial charge on any atom is 0.410 e. The zero-order valence-corrected chi connectivity index (χ0v) is 16.7. The van der Waals surface area contributed by atoms with Crippen LogP contribution in [0.4, 0.5) is 4.79 Å². The lowest BCUT2D eigenvalue weighted by atomic mass is 10.1. The van der Waals surface area contributed by atoms with Crippen LogP contribution in [0.5, 0.6) is 0 Å². The van der Waals surface area contributed by atoms with Crippen molar-refractivity contribution in [1.29, 1.82) is 0 Å². The van der Waals surface area contributed by atoms with Gasteiger partial charge in [0.05, 0.1) is 5.69 Å². The molecule has 1 amide bonds. The van der Waals surface area contributed by atoms with E-state index < -0.39 is 5.60 Å². The molecule has 0 radical (unpaired) electrons. The quantitative estimate of drug-likeness (QED) is 0.804. The van der Waals surface area contributed by atoms with Gasteiger partial charge >= 0.3 is 6.09 Å².